The summed E-state index contributed by atoms with van der Waals surface area (Å²) in [4.78, 5) is 10.7. The van der Waals surface area contributed by atoms with Crippen LogP contribution in [0.15, 0.2) is 18.2 Å². The summed E-state index contributed by atoms with van der Waals surface area (Å²) in [6, 6.07) is 4.81. The molecule has 14 heavy (non-hydrogen) atoms. The summed E-state index contributed by atoms with van der Waals surface area (Å²) in [5, 5.41) is 0.224. The van der Waals surface area contributed by atoms with Crippen molar-refractivity contribution in [3.05, 3.63) is 40.7 Å². The van der Waals surface area contributed by atoms with Crippen molar-refractivity contribution in [3.8, 4) is 0 Å². The fourth-order valence-corrected chi connectivity index (χ4v) is 1.02. The Morgan fingerprint density at radius 1 is 1.71 bits per heavy atom. The molecule has 1 radical (unpaired) electrons. The molecule has 0 unspecified atom stereocenters. The van der Waals surface area contributed by atoms with E-state index in [2.05, 4.69) is 10.8 Å². The maximum Gasteiger partial charge on any atom is 0.330 e. The third-order valence-electron chi connectivity index (χ3n) is 1.49. The maximum absolute atomic E-state index is 12.6. The lowest BCUT2D eigenvalue weighted by Crippen LogP contribution is -1.93. The number of rotatable bonds is 2. The number of methoxy groups -OCH3 is 1. The summed E-state index contributed by atoms with van der Waals surface area (Å²) in [6.45, 7) is 0. The predicted molar refractivity (Wildman–Crippen MR) is 51.3 cm³/mol. The van der Waals surface area contributed by atoms with Crippen LogP contribution in [0.3, 0.4) is 0 Å². The van der Waals surface area contributed by atoms with Gasteiger partial charge in [0.25, 0.3) is 0 Å². The number of carbonyl (C=O) groups is 1. The van der Waals surface area contributed by atoms with Crippen molar-refractivity contribution in [2.45, 2.75) is 0 Å². The molecule has 0 aliphatic carbocycles. The third kappa shape index (κ3) is 2.85. The van der Waals surface area contributed by atoms with E-state index in [1.165, 1.54) is 25.3 Å². The molecule has 0 N–H and O–H groups in total. The number of hydrogen-bond acceptors (Lipinski definition) is 2. The van der Waals surface area contributed by atoms with Gasteiger partial charge in [-0.15, -0.1) is 0 Å². The molecule has 0 bridgehead atoms. The van der Waals surface area contributed by atoms with E-state index in [9.17, 15) is 9.18 Å². The molecule has 0 aromatic heterocycles. The quantitative estimate of drug-likeness (QED) is 0.557. The Labute approximate surface area is 85.9 Å². The highest BCUT2D eigenvalue weighted by Crippen LogP contribution is 2.17. The second-order valence-corrected chi connectivity index (χ2v) is 2.85. The summed E-state index contributed by atoms with van der Waals surface area (Å²) >= 11 is 5.69. The first kappa shape index (κ1) is 10.7. The van der Waals surface area contributed by atoms with Gasteiger partial charge in [-0.25, -0.2) is 9.18 Å². The molecule has 73 valence electrons. The zero-order valence-electron chi connectivity index (χ0n) is 7.38. The Bertz CT molecular complexity index is 374. The fourth-order valence-electron chi connectivity index (χ4n) is 0.805. The molecular formula is C10H7ClFO2. The van der Waals surface area contributed by atoms with Crippen LogP contribution in [0.1, 0.15) is 5.56 Å². The van der Waals surface area contributed by atoms with E-state index in [0.29, 0.717) is 5.56 Å². The van der Waals surface area contributed by atoms with E-state index in [1.807, 2.05) is 0 Å². The van der Waals surface area contributed by atoms with Gasteiger partial charge in [0.2, 0.25) is 0 Å². The number of esters is 1. The second kappa shape index (κ2) is 4.77. The van der Waals surface area contributed by atoms with Crippen LogP contribution in [0.2, 0.25) is 5.02 Å². The van der Waals surface area contributed by atoms with Gasteiger partial charge in [-0.2, -0.15) is 0 Å². The number of hydrogen-bond donors (Lipinski definition) is 0. The minimum absolute atomic E-state index is 0.224. The summed E-state index contributed by atoms with van der Waals surface area (Å²) in [5.41, 5.74) is 0.512. The lowest BCUT2D eigenvalue weighted by molar-refractivity contribution is -0.134. The van der Waals surface area contributed by atoms with Gasteiger partial charge in [0.1, 0.15) is 5.82 Å². The van der Waals surface area contributed by atoms with Gasteiger partial charge in [0.05, 0.1) is 12.1 Å². The van der Waals surface area contributed by atoms with Gasteiger partial charge < -0.3 is 4.74 Å². The number of benzene rings is 1. The summed E-state index contributed by atoms with van der Waals surface area (Å²) < 4.78 is 16.9. The van der Waals surface area contributed by atoms with Crippen LogP contribution in [0, 0.1) is 11.9 Å². The number of ether oxygens (including phenoxy) is 1. The summed E-state index contributed by atoms with van der Waals surface area (Å²) in [7, 11) is 1.27. The van der Waals surface area contributed by atoms with Crippen molar-refractivity contribution in [1.82, 2.24) is 0 Å². The number of carbonyl (C=O) groups excluding carboxylic acids is 1. The first-order valence-corrected chi connectivity index (χ1v) is 4.14. The highest BCUT2D eigenvalue weighted by atomic mass is 35.5. The molecule has 4 heteroatoms. The Balaban J connectivity index is 2.87. The van der Waals surface area contributed by atoms with Crippen molar-refractivity contribution in [3.63, 3.8) is 0 Å². The average molecular weight is 214 g/mol. The maximum atomic E-state index is 12.6. The van der Waals surface area contributed by atoms with Crippen LogP contribution >= 0.6 is 11.6 Å². The first-order valence-electron chi connectivity index (χ1n) is 3.76. The lowest BCUT2D eigenvalue weighted by Gasteiger charge is -1.96. The number of halogens is 2. The van der Waals surface area contributed by atoms with Crippen LogP contribution in [0.5, 0.6) is 0 Å². The normalized spacial score (nSPS) is 10.5. The Morgan fingerprint density at radius 3 is 3.00 bits per heavy atom. The molecule has 0 saturated heterocycles. The molecule has 1 rings (SSSR count). The van der Waals surface area contributed by atoms with Gasteiger partial charge >= 0.3 is 5.97 Å². The van der Waals surface area contributed by atoms with Gasteiger partial charge in [-0.05, 0) is 23.8 Å². The monoisotopic (exact) mass is 213 g/mol. The van der Waals surface area contributed by atoms with E-state index in [-0.39, 0.29) is 5.02 Å². The van der Waals surface area contributed by atoms with Crippen LogP contribution in [0.25, 0.3) is 6.08 Å². The van der Waals surface area contributed by atoms with E-state index in [1.54, 1.807) is 0 Å². The molecule has 0 saturated carbocycles. The van der Waals surface area contributed by atoms with Gasteiger partial charge in [0.15, 0.2) is 0 Å². The van der Waals surface area contributed by atoms with Gasteiger partial charge in [-0.3, -0.25) is 0 Å². The topological polar surface area (TPSA) is 26.3 Å². The van der Waals surface area contributed by atoms with E-state index in [4.69, 9.17) is 11.6 Å². The van der Waals surface area contributed by atoms with Crippen LogP contribution in [0.4, 0.5) is 4.39 Å². The van der Waals surface area contributed by atoms with Crippen molar-refractivity contribution < 1.29 is 13.9 Å². The predicted octanol–water partition coefficient (Wildman–Crippen LogP) is 2.47. The molecular weight excluding hydrogens is 207 g/mol. The molecule has 1 aromatic rings. The molecule has 0 aliphatic rings. The Morgan fingerprint density at radius 2 is 2.43 bits per heavy atom. The van der Waals surface area contributed by atoms with E-state index in [0.717, 1.165) is 6.07 Å². The van der Waals surface area contributed by atoms with Crippen LogP contribution < -0.4 is 0 Å². The van der Waals surface area contributed by atoms with Gasteiger partial charge in [-0.1, -0.05) is 11.6 Å². The SMILES string of the molecule is COC(=O)C=Cc1c[c]c(F)cc1Cl. The van der Waals surface area contributed by atoms with Gasteiger partial charge in [0, 0.05) is 12.1 Å². The van der Waals surface area contributed by atoms with E-state index >= 15 is 0 Å². The molecule has 2 nitrogen and oxygen atoms in total. The van der Waals surface area contributed by atoms with Crippen molar-refractivity contribution in [2.75, 3.05) is 7.11 Å². The Hall–Kier alpha value is -1.35. The molecule has 0 atom stereocenters. The van der Waals surface area contributed by atoms with E-state index < -0.39 is 11.8 Å². The molecule has 0 heterocycles. The fraction of sp³-hybridized carbons (Fsp3) is 0.100. The minimum Gasteiger partial charge on any atom is -0.466 e. The lowest BCUT2D eigenvalue weighted by atomic mass is 10.2. The summed E-state index contributed by atoms with van der Waals surface area (Å²) in [5.74, 6) is -1.03. The van der Waals surface area contributed by atoms with Crippen LogP contribution in [-0.4, -0.2) is 13.1 Å². The molecule has 0 amide bonds. The third-order valence-corrected chi connectivity index (χ3v) is 1.82. The van der Waals surface area contributed by atoms with Crippen molar-refractivity contribution in [1.29, 1.82) is 0 Å². The highest BCUT2D eigenvalue weighted by molar-refractivity contribution is 6.32. The standard InChI is InChI=1S/C10H7ClFO2/c1-14-10(13)5-3-7-2-4-8(12)6-9(7)11/h2-3,5-6H,1H3. The minimum atomic E-state index is -0.537. The highest BCUT2D eigenvalue weighted by Gasteiger charge is 1.99. The zero-order chi connectivity index (χ0) is 10.6. The van der Waals surface area contributed by atoms with Crippen molar-refractivity contribution >= 4 is 23.6 Å². The summed E-state index contributed by atoms with van der Waals surface area (Å²) in [6.07, 6.45) is 2.64. The molecule has 1 aromatic carbocycles. The molecule has 0 aliphatic heterocycles. The smallest absolute Gasteiger partial charge is 0.330 e. The zero-order valence-corrected chi connectivity index (χ0v) is 8.14. The molecule has 0 fully saturated rings. The van der Waals surface area contributed by atoms with Crippen molar-refractivity contribution in [2.24, 2.45) is 0 Å². The second-order valence-electron chi connectivity index (χ2n) is 2.44. The Kier molecular flexibility index (Phi) is 3.65. The first-order chi connectivity index (χ1) is 6.63. The molecule has 0 spiro atoms. The largest absolute Gasteiger partial charge is 0.466 e. The van der Waals surface area contributed by atoms with Crippen LogP contribution in [-0.2, 0) is 9.53 Å². The average Bonchev–Trinajstić information content (AvgIpc) is 2.16.